The molecule has 1 atom stereocenters. The van der Waals surface area contributed by atoms with Crippen molar-refractivity contribution in [3.63, 3.8) is 0 Å². The molecular formula is C21H22N4O3S. The highest BCUT2D eigenvalue weighted by Gasteiger charge is 2.33. The number of aromatic nitrogens is 2. The molecule has 1 amide bonds. The highest BCUT2D eigenvalue weighted by molar-refractivity contribution is 7.18. The molecule has 0 radical (unpaired) electrons. The second-order valence-corrected chi connectivity index (χ2v) is 8.54. The second kappa shape index (κ2) is 7.18. The first-order valence-electron chi connectivity index (χ1n) is 9.75. The summed E-state index contributed by atoms with van der Waals surface area (Å²) in [5, 5.41) is 1.13. The van der Waals surface area contributed by atoms with Crippen molar-refractivity contribution >= 4 is 33.3 Å². The molecule has 0 unspecified atom stereocenters. The molecule has 0 spiro atoms. The molecule has 1 aromatic carbocycles. The van der Waals surface area contributed by atoms with Crippen LogP contribution in [-0.2, 0) is 4.79 Å². The lowest BCUT2D eigenvalue weighted by molar-refractivity contribution is -0.141. The van der Waals surface area contributed by atoms with Crippen LogP contribution in [0.25, 0.3) is 10.2 Å². The molecule has 0 saturated carbocycles. The number of carbonyl (C=O) groups excluding carboxylic acids is 1. The minimum atomic E-state index is -0.594. The van der Waals surface area contributed by atoms with E-state index in [0.29, 0.717) is 24.6 Å². The molecule has 8 heteroatoms. The molecule has 1 saturated heterocycles. The number of amides is 1. The van der Waals surface area contributed by atoms with Gasteiger partial charge in [0.25, 0.3) is 5.91 Å². The van der Waals surface area contributed by atoms with Crippen LogP contribution < -0.4 is 14.4 Å². The third-order valence-corrected chi connectivity index (χ3v) is 6.74. The Morgan fingerprint density at radius 1 is 1.10 bits per heavy atom. The Balaban J connectivity index is 1.28. The van der Waals surface area contributed by atoms with Gasteiger partial charge in [-0.15, -0.1) is 11.3 Å². The van der Waals surface area contributed by atoms with Gasteiger partial charge in [-0.25, -0.2) is 9.97 Å². The quantitative estimate of drug-likeness (QED) is 0.647. The fourth-order valence-electron chi connectivity index (χ4n) is 3.89. The van der Waals surface area contributed by atoms with Crippen LogP contribution in [0.3, 0.4) is 0 Å². The van der Waals surface area contributed by atoms with E-state index in [1.54, 1.807) is 17.7 Å². The topological polar surface area (TPSA) is 67.8 Å². The maximum Gasteiger partial charge on any atom is 0.267 e. The number of hydrogen-bond acceptors (Lipinski definition) is 7. The van der Waals surface area contributed by atoms with E-state index in [2.05, 4.69) is 28.7 Å². The predicted octanol–water partition coefficient (Wildman–Crippen LogP) is 2.80. The molecule has 5 rings (SSSR count). The van der Waals surface area contributed by atoms with Gasteiger partial charge in [-0.05, 0) is 31.5 Å². The van der Waals surface area contributed by atoms with E-state index in [-0.39, 0.29) is 12.5 Å². The molecule has 4 heterocycles. The zero-order chi connectivity index (χ0) is 20.0. The van der Waals surface area contributed by atoms with Crippen molar-refractivity contribution in [2.75, 3.05) is 37.7 Å². The van der Waals surface area contributed by atoms with Crippen molar-refractivity contribution in [2.24, 2.45) is 0 Å². The monoisotopic (exact) mass is 410 g/mol. The van der Waals surface area contributed by atoms with Gasteiger partial charge in [0.05, 0.1) is 5.39 Å². The number of piperazine rings is 1. The van der Waals surface area contributed by atoms with E-state index >= 15 is 0 Å². The maximum absolute atomic E-state index is 13.0. The fraction of sp³-hybridized carbons (Fsp3) is 0.381. The normalized spacial score (nSPS) is 18.9. The van der Waals surface area contributed by atoms with Gasteiger partial charge in [-0.3, -0.25) is 4.79 Å². The van der Waals surface area contributed by atoms with E-state index in [1.165, 1.54) is 10.4 Å². The van der Waals surface area contributed by atoms with E-state index in [0.717, 1.165) is 29.1 Å². The number of para-hydroxylation sites is 2. The Hall–Kier alpha value is -2.87. The Morgan fingerprint density at radius 3 is 2.66 bits per heavy atom. The van der Waals surface area contributed by atoms with Crippen LogP contribution in [0.2, 0.25) is 0 Å². The van der Waals surface area contributed by atoms with Gasteiger partial charge in [-0.1, -0.05) is 12.1 Å². The molecule has 29 heavy (non-hydrogen) atoms. The zero-order valence-corrected chi connectivity index (χ0v) is 17.2. The molecular weight excluding hydrogens is 388 g/mol. The summed E-state index contributed by atoms with van der Waals surface area (Å²) in [6, 6.07) is 7.46. The van der Waals surface area contributed by atoms with Gasteiger partial charge in [0.15, 0.2) is 11.5 Å². The predicted molar refractivity (Wildman–Crippen MR) is 112 cm³/mol. The lowest BCUT2D eigenvalue weighted by Gasteiger charge is -2.37. The molecule has 7 nitrogen and oxygen atoms in total. The van der Waals surface area contributed by atoms with Crippen LogP contribution in [0.15, 0.2) is 30.6 Å². The molecule has 0 aliphatic carbocycles. The second-order valence-electron chi connectivity index (χ2n) is 7.34. The Morgan fingerprint density at radius 2 is 1.86 bits per heavy atom. The smallest absolute Gasteiger partial charge is 0.267 e. The number of benzene rings is 1. The summed E-state index contributed by atoms with van der Waals surface area (Å²) in [6.45, 7) is 7.22. The first-order chi connectivity index (χ1) is 14.1. The van der Waals surface area contributed by atoms with Crippen LogP contribution in [0.4, 0.5) is 5.82 Å². The van der Waals surface area contributed by atoms with Crippen LogP contribution in [0.1, 0.15) is 10.4 Å². The third kappa shape index (κ3) is 3.17. The molecule has 2 aliphatic rings. The summed E-state index contributed by atoms with van der Waals surface area (Å²) in [7, 11) is 0. The number of thiophene rings is 1. The van der Waals surface area contributed by atoms with E-state index in [9.17, 15) is 4.79 Å². The number of nitrogens with zero attached hydrogens (tertiary/aromatic N) is 4. The fourth-order valence-corrected chi connectivity index (χ4v) is 4.88. The SMILES string of the molecule is Cc1sc2ncnc(N3CCN(C(=O)[C@@H]4COc5ccccc5O4)CC3)c2c1C. The summed E-state index contributed by atoms with van der Waals surface area (Å²) in [6.07, 6.45) is 1.04. The molecule has 2 aliphatic heterocycles. The minimum absolute atomic E-state index is 0.0189. The molecule has 150 valence electrons. The molecule has 2 aromatic heterocycles. The van der Waals surface area contributed by atoms with Crippen molar-refractivity contribution in [1.29, 1.82) is 0 Å². The summed E-state index contributed by atoms with van der Waals surface area (Å²) >= 11 is 1.70. The number of ether oxygens (including phenoxy) is 2. The summed E-state index contributed by atoms with van der Waals surface area (Å²) in [4.78, 5) is 28.4. The average Bonchev–Trinajstić information content (AvgIpc) is 3.07. The molecule has 1 fully saturated rings. The van der Waals surface area contributed by atoms with Crippen LogP contribution >= 0.6 is 11.3 Å². The lowest BCUT2D eigenvalue weighted by Crippen LogP contribution is -2.54. The Kier molecular flexibility index (Phi) is 4.50. The van der Waals surface area contributed by atoms with E-state index in [1.807, 2.05) is 29.2 Å². The van der Waals surface area contributed by atoms with Gasteiger partial charge in [-0.2, -0.15) is 0 Å². The van der Waals surface area contributed by atoms with Crippen molar-refractivity contribution in [3.8, 4) is 11.5 Å². The van der Waals surface area contributed by atoms with E-state index in [4.69, 9.17) is 9.47 Å². The molecule has 0 N–H and O–H groups in total. The number of aryl methyl sites for hydroxylation is 2. The number of carbonyl (C=O) groups is 1. The minimum Gasteiger partial charge on any atom is -0.485 e. The van der Waals surface area contributed by atoms with Gasteiger partial charge in [0, 0.05) is 31.1 Å². The van der Waals surface area contributed by atoms with Crippen molar-refractivity contribution in [3.05, 3.63) is 41.0 Å². The van der Waals surface area contributed by atoms with Crippen molar-refractivity contribution in [1.82, 2.24) is 14.9 Å². The van der Waals surface area contributed by atoms with Crippen LogP contribution in [-0.4, -0.2) is 59.7 Å². The zero-order valence-electron chi connectivity index (χ0n) is 16.4. The van der Waals surface area contributed by atoms with Crippen molar-refractivity contribution in [2.45, 2.75) is 20.0 Å². The molecule has 0 bridgehead atoms. The average molecular weight is 410 g/mol. The van der Waals surface area contributed by atoms with Crippen LogP contribution in [0.5, 0.6) is 11.5 Å². The summed E-state index contributed by atoms with van der Waals surface area (Å²) in [5.74, 6) is 2.27. The Bertz CT molecular complexity index is 1070. The summed E-state index contributed by atoms with van der Waals surface area (Å²) < 4.78 is 11.6. The largest absolute Gasteiger partial charge is 0.485 e. The highest BCUT2D eigenvalue weighted by Crippen LogP contribution is 2.35. The van der Waals surface area contributed by atoms with Gasteiger partial charge < -0.3 is 19.3 Å². The molecule has 3 aromatic rings. The standard InChI is InChI=1S/C21H22N4O3S/c1-13-14(2)29-20-18(13)19(22-12-23-20)24-7-9-25(10-8-24)21(26)17-11-27-15-5-3-4-6-16(15)28-17/h3-6,12,17H,7-11H2,1-2H3/t17-/m0/s1. The first kappa shape index (κ1) is 18.2. The maximum atomic E-state index is 13.0. The third-order valence-electron chi connectivity index (χ3n) is 5.62. The number of anilines is 1. The van der Waals surface area contributed by atoms with E-state index < -0.39 is 6.10 Å². The number of fused-ring (bicyclic) bond motifs is 2. The van der Waals surface area contributed by atoms with Crippen LogP contribution in [0, 0.1) is 13.8 Å². The van der Waals surface area contributed by atoms with Gasteiger partial charge in [0.2, 0.25) is 6.10 Å². The summed E-state index contributed by atoms with van der Waals surface area (Å²) in [5.41, 5.74) is 1.24. The number of hydrogen-bond donors (Lipinski definition) is 0. The lowest BCUT2D eigenvalue weighted by atomic mass is 10.2. The number of rotatable bonds is 2. The highest BCUT2D eigenvalue weighted by atomic mass is 32.1. The Labute approximate surface area is 172 Å². The van der Waals surface area contributed by atoms with Crippen molar-refractivity contribution < 1.29 is 14.3 Å². The first-order valence-corrected chi connectivity index (χ1v) is 10.6. The van der Waals surface area contributed by atoms with Gasteiger partial charge in [0.1, 0.15) is 23.6 Å². The van der Waals surface area contributed by atoms with Gasteiger partial charge >= 0.3 is 0 Å².